The number of benzene rings is 2. The van der Waals surface area contributed by atoms with Crippen molar-refractivity contribution >= 4 is 17.7 Å². The summed E-state index contributed by atoms with van der Waals surface area (Å²) in [6, 6.07) is 13.5. The minimum absolute atomic E-state index is 0.228. The van der Waals surface area contributed by atoms with Crippen molar-refractivity contribution in [2.75, 3.05) is 27.4 Å². The number of nitrogens with one attached hydrogen (secondary N) is 3. The Hall–Kier alpha value is -3.79. The number of amides is 3. The molecule has 0 spiro atoms. The predicted molar refractivity (Wildman–Crippen MR) is 133 cm³/mol. The van der Waals surface area contributed by atoms with Gasteiger partial charge in [-0.2, -0.15) is 0 Å². The second-order valence-electron chi connectivity index (χ2n) is 8.06. The van der Waals surface area contributed by atoms with Gasteiger partial charge in [-0.15, -0.1) is 0 Å². The zero-order chi connectivity index (χ0) is 26.3. The van der Waals surface area contributed by atoms with Gasteiger partial charge >= 0.3 is 0 Å². The third-order valence-corrected chi connectivity index (χ3v) is 5.51. The standard InChI is InChI=1S/C26H35N3O7/c1-4-35-21-9-7-18(8-10-21)16-23(26(32)27-2)28-25(31)19(17-24(30)29-33)6-5-15-36-22-13-11-20(34-3)12-14-22/h7-14,19,23,33H,4-6,15-17H2,1-3H3,(H,27,32)(H,28,31)(H,29,30)/t19-,23+/m1/s1. The fraction of sp³-hybridized carbons (Fsp3) is 0.423. The van der Waals surface area contributed by atoms with E-state index in [1.807, 2.05) is 19.1 Å². The maximum atomic E-state index is 13.1. The Morgan fingerprint density at radius 1 is 0.917 bits per heavy atom. The van der Waals surface area contributed by atoms with E-state index in [-0.39, 0.29) is 18.7 Å². The van der Waals surface area contributed by atoms with Gasteiger partial charge in [0.1, 0.15) is 23.3 Å². The van der Waals surface area contributed by atoms with E-state index in [9.17, 15) is 14.4 Å². The average Bonchev–Trinajstić information content (AvgIpc) is 2.90. The molecule has 0 saturated heterocycles. The highest BCUT2D eigenvalue weighted by atomic mass is 16.5. The Morgan fingerprint density at radius 3 is 2.11 bits per heavy atom. The van der Waals surface area contributed by atoms with Crippen molar-refractivity contribution in [3.05, 3.63) is 54.1 Å². The van der Waals surface area contributed by atoms with Crippen molar-refractivity contribution < 1.29 is 33.8 Å². The number of likely N-dealkylation sites (N-methyl/N-ethyl adjacent to an activating group) is 1. The zero-order valence-electron chi connectivity index (χ0n) is 20.9. The average molecular weight is 502 g/mol. The molecule has 0 radical (unpaired) electrons. The molecule has 36 heavy (non-hydrogen) atoms. The van der Waals surface area contributed by atoms with Crippen LogP contribution in [0.2, 0.25) is 0 Å². The van der Waals surface area contributed by atoms with E-state index < -0.39 is 23.8 Å². The third-order valence-electron chi connectivity index (χ3n) is 5.51. The van der Waals surface area contributed by atoms with Gasteiger partial charge in [0.2, 0.25) is 17.7 Å². The molecule has 0 aliphatic rings. The molecule has 0 aliphatic heterocycles. The van der Waals surface area contributed by atoms with Crippen LogP contribution in [-0.2, 0) is 20.8 Å². The predicted octanol–water partition coefficient (Wildman–Crippen LogP) is 2.24. The van der Waals surface area contributed by atoms with Crippen molar-refractivity contribution in [1.29, 1.82) is 0 Å². The first kappa shape index (κ1) is 28.4. The summed E-state index contributed by atoms with van der Waals surface area (Å²) in [5, 5.41) is 14.3. The highest BCUT2D eigenvalue weighted by molar-refractivity contribution is 5.90. The number of methoxy groups -OCH3 is 1. The smallest absolute Gasteiger partial charge is 0.244 e. The summed E-state index contributed by atoms with van der Waals surface area (Å²) in [5.74, 6) is -0.176. The van der Waals surface area contributed by atoms with Crippen LogP contribution in [0.15, 0.2) is 48.5 Å². The molecule has 2 aromatic carbocycles. The summed E-state index contributed by atoms with van der Waals surface area (Å²) in [7, 11) is 3.07. The van der Waals surface area contributed by atoms with Crippen LogP contribution < -0.4 is 30.3 Å². The molecule has 0 saturated carbocycles. The van der Waals surface area contributed by atoms with Crippen LogP contribution in [0.1, 0.15) is 31.7 Å². The molecule has 0 unspecified atom stereocenters. The molecule has 10 heteroatoms. The molecule has 0 aliphatic carbocycles. The molecule has 2 aromatic rings. The number of hydrogen-bond donors (Lipinski definition) is 4. The van der Waals surface area contributed by atoms with Gasteiger partial charge in [0, 0.05) is 25.8 Å². The largest absolute Gasteiger partial charge is 0.497 e. The summed E-state index contributed by atoms with van der Waals surface area (Å²) in [6.07, 6.45) is 0.830. The van der Waals surface area contributed by atoms with Crippen LogP contribution in [0.25, 0.3) is 0 Å². The van der Waals surface area contributed by atoms with Crippen LogP contribution >= 0.6 is 0 Å². The Morgan fingerprint density at radius 2 is 1.53 bits per heavy atom. The van der Waals surface area contributed by atoms with Gasteiger partial charge in [-0.1, -0.05) is 12.1 Å². The van der Waals surface area contributed by atoms with E-state index in [0.717, 1.165) is 5.56 Å². The lowest BCUT2D eigenvalue weighted by Crippen LogP contribution is -2.49. The summed E-state index contributed by atoms with van der Waals surface area (Å²) < 4.78 is 16.3. The van der Waals surface area contributed by atoms with E-state index in [1.54, 1.807) is 49.0 Å². The lowest BCUT2D eigenvalue weighted by Gasteiger charge is -2.22. The fourth-order valence-corrected chi connectivity index (χ4v) is 3.58. The van der Waals surface area contributed by atoms with Gasteiger partial charge in [0.15, 0.2) is 0 Å². The number of hydrogen-bond acceptors (Lipinski definition) is 7. The van der Waals surface area contributed by atoms with Gasteiger partial charge in [-0.05, 0) is 61.7 Å². The molecular weight excluding hydrogens is 466 g/mol. The normalized spacial score (nSPS) is 12.1. The molecule has 4 N–H and O–H groups in total. The highest BCUT2D eigenvalue weighted by Gasteiger charge is 2.27. The molecule has 3 amide bonds. The molecule has 0 aromatic heterocycles. The molecule has 10 nitrogen and oxygen atoms in total. The maximum absolute atomic E-state index is 13.1. The number of hydroxylamine groups is 1. The monoisotopic (exact) mass is 501 g/mol. The minimum Gasteiger partial charge on any atom is -0.497 e. The van der Waals surface area contributed by atoms with Crippen molar-refractivity contribution in [3.8, 4) is 17.2 Å². The lowest BCUT2D eigenvalue weighted by atomic mass is 9.96. The Bertz CT molecular complexity index is 965. The number of ether oxygens (including phenoxy) is 3. The molecule has 196 valence electrons. The van der Waals surface area contributed by atoms with E-state index in [1.165, 1.54) is 7.05 Å². The SMILES string of the molecule is CCOc1ccc(C[C@H](NC(=O)[C@H](CCCOc2ccc(OC)cc2)CC(=O)NO)C(=O)NC)cc1. The van der Waals surface area contributed by atoms with Crippen LogP contribution in [0.3, 0.4) is 0 Å². The zero-order valence-corrected chi connectivity index (χ0v) is 20.9. The number of carbonyl (C=O) groups excluding carboxylic acids is 3. The van der Waals surface area contributed by atoms with Crippen molar-refractivity contribution in [1.82, 2.24) is 16.1 Å². The van der Waals surface area contributed by atoms with Crippen LogP contribution in [0.4, 0.5) is 0 Å². The first-order valence-corrected chi connectivity index (χ1v) is 11.8. The Balaban J connectivity index is 1.99. The van der Waals surface area contributed by atoms with Crippen LogP contribution in [0, 0.1) is 5.92 Å². The third kappa shape index (κ3) is 9.46. The van der Waals surface area contributed by atoms with Gasteiger partial charge in [0.05, 0.1) is 20.3 Å². The molecule has 2 atom stereocenters. The summed E-state index contributed by atoms with van der Waals surface area (Å²) in [6.45, 7) is 2.76. The fourth-order valence-electron chi connectivity index (χ4n) is 3.58. The molecule has 2 rings (SSSR count). The molecule has 0 fully saturated rings. The van der Waals surface area contributed by atoms with E-state index >= 15 is 0 Å². The summed E-state index contributed by atoms with van der Waals surface area (Å²) in [5.41, 5.74) is 2.40. The van der Waals surface area contributed by atoms with E-state index in [2.05, 4.69) is 10.6 Å². The van der Waals surface area contributed by atoms with Crippen LogP contribution in [-0.4, -0.2) is 56.3 Å². The summed E-state index contributed by atoms with van der Waals surface area (Å²) >= 11 is 0. The van der Waals surface area contributed by atoms with Crippen LogP contribution in [0.5, 0.6) is 17.2 Å². The van der Waals surface area contributed by atoms with Gasteiger partial charge < -0.3 is 24.8 Å². The summed E-state index contributed by atoms with van der Waals surface area (Å²) in [4.78, 5) is 37.4. The van der Waals surface area contributed by atoms with E-state index in [0.29, 0.717) is 43.3 Å². The highest BCUT2D eigenvalue weighted by Crippen LogP contribution is 2.19. The first-order chi connectivity index (χ1) is 17.4. The van der Waals surface area contributed by atoms with E-state index in [4.69, 9.17) is 19.4 Å². The van der Waals surface area contributed by atoms with Gasteiger partial charge in [-0.25, -0.2) is 5.48 Å². The quantitative estimate of drug-likeness (QED) is 0.167. The first-order valence-electron chi connectivity index (χ1n) is 11.8. The molecular formula is C26H35N3O7. The number of carbonyl (C=O) groups is 3. The topological polar surface area (TPSA) is 135 Å². The van der Waals surface area contributed by atoms with Crippen molar-refractivity contribution in [3.63, 3.8) is 0 Å². The second kappa shape index (κ2) is 15.3. The maximum Gasteiger partial charge on any atom is 0.244 e. The minimum atomic E-state index is -0.837. The van der Waals surface area contributed by atoms with Crippen molar-refractivity contribution in [2.24, 2.45) is 5.92 Å². The second-order valence-corrected chi connectivity index (χ2v) is 8.06. The van der Waals surface area contributed by atoms with Gasteiger partial charge in [-0.3, -0.25) is 19.6 Å². The molecule has 0 bridgehead atoms. The Kier molecular flexibility index (Phi) is 12.1. The van der Waals surface area contributed by atoms with Gasteiger partial charge in [0.25, 0.3) is 0 Å². The molecule has 0 heterocycles. The Labute approximate surface area is 211 Å². The van der Waals surface area contributed by atoms with Crippen molar-refractivity contribution in [2.45, 2.75) is 38.6 Å². The number of rotatable bonds is 15. The lowest BCUT2D eigenvalue weighted by molar-refractivity contribution is -0.136.